The van der Waals surface area contributed by atoms with Crippen molar-refractivity contribution in [2.24, 2.45) is 10.7 Å². The number of rotatable bonds is 4. The zero-order chi connectivity index (χ0) is 15.3. The molecular formula is C13H18FN3O3S. The number of hydrogen-bond donors (Lipinski definition) is 1. The van der Waals surface area contributed by atoms with Crippen LogP contribution in [0.15, 0.2) is 34.2 Å². The number of guanidine groups is 1. The van der Waals surface area contributed by atoms with Gasteiger partial charge in [0.15, 0.2) is 15.8 Å². The second-order valence-corrected chi connectivity index (χ2v) is 6.67. The van der Waals surface area contributed by atoms with Crippen LogP contribution in [0.25, 0.3) is 0 Å². The number of ether oxygens (including phenoxy) is 1. The second-order valence-electron chi connectivity index (χ2n) is 4.59. The maximum absolute atomic E-state index is 13.5. The molecule has 0 spiro atoms. The lowest BCUT2D eigenvalue weighted by molar-refractivity contribution is 0.0674. The van der Waals surface area contributed by atoms with Crippen LogP contribution in [0.1, 0.15) is 0 Å². The summed E-state index contributed by atoms with van der Waals surface area (Å²) in [4.78, 5) is 5.58. The van der Waals surface area contributed by atoms with Crippen LogP contribution in [0.3, 0.4) is 0 Å². The predicted octanol–water partition coefficient (Wildman–Crippen LogP) is 0.246. The Morgan fingerprint density at radius 2 is 2.00 bits per heavy atom. The molecule has 8 heteroatoms. The van der Waals surface area contributed by atoms with Gasteiger partial charge in [-0.05, 0) is 12.1 Å². The van der Waals surface area contributed by atoms with Crippen molar-refractivity contribution >= 4 is 15.8 Å². The molecule has 21 heavy (non-hydrogen) atoms. The zero-order valence-corrected chi connectivity index (χ0v) is 12.4. The quantitative estimate of drug-likeness (QED) is 0.636. The lowest BCUT2D eigenvalue weighted by Gasteiger charge is -2.27. The molecule has 2 rings (SSSR count). The minimum atomic E-state index is -3.70. The summed E-state index contributed by atoms with van der Waals surface area (Å²) < 4.78 is 42.7. The molecule has 1 saturated heterocycles. The number of hydrogen-bond acceptors (Lipinski definition) is 4. The third-order valence-corrected chi connectivity index (χ3v) is 4.86. The molecule has 116 valence electrons. The van der Waals surface area contributed by atoms with E-state index in [1.54, 1.807) is 0 Å². The van der Waals surface area contributed by atoms with Gasteiger partial charge in [-0.3, -0.25) is 4.99 Å². The Morgan fingerprint density at radius 1 is 1.33 bits per heavy atom. The first-order valence-electron chi connectivity index (χ1n) is 6.60. The molecule has 0 bridgehead atoms. The van der Waals surface area contributed by atoms with Gasteiger partial charge in [-0.15, -0.1) is 0 Å². The van der Waals surface area contributed by atoms with Crippen LogP contribution in [-0.4, -0.2) is 57.9 Å². The Hall–Kier alpha value is -1.67. The summed E-state index contributed by atoms with van der Waals surface area (Å²) in [6.45, 7) is 2.41. The van der Waals surface area contributed by atoms with E-state index < -0.39 is 15.7 Å². The molecular weight excluding hydrogens is 297 g/mol. The van der Waals surface area contributed by atoms with Gasteiger partial charge in [0.2, 0.25) is 0 Å². The maximum atomic E-state index is 13.5. The molecule has 0 aromatic heterocycles. The largest absolute Gasteiger partial charge is 0.378 e. The number of morpholine rings is 1. The smallest absolute Gasteiger partial charge is 0.191 e. The van der Waals surface area contributed by atoms with Crippen molar-refractivity contribution in [3.05, 3.63) is 30.1 Å². The van der Waals surface area contributed by atoms with Crippen LogP contribution in [0.2, 0.25) is 0 Å². The van der Waals surface area contributed by atoms with E-state index in [0.29, 0.717) is 32.3 Å². The lowest BCUT2D eigenvalue weighted by Crippen LogP contribution is -2.45. The van der Waals surface area contributed by atoms with Crippen molar-refractivity contribution in [3.63, 3.8) is 0 Å². The fourth-order valence-electron chi connectivity index (χ4n) is 1.98. The van der Waals surface area contributed by atoms with E-state index >= 15 is 0 Å². The van der Waals surface area contributed by atoms with Crippen molar-refractivity contribution in [1.29, 1.82) is 0 Å². The topological polar surface area (TPSA) is 85.0 Å². The van der Waals surface area contributed by atoms with Gasteiger partial charge in [0, 0.05) is 13.1 Å². The highest BCUT2D eigenvalue weighted by molar-refractivity contribution is 7.91. The molecule has 0 atom stereocenters. The van der Waals surface area contributed by atoms with Gasteiger partial charge in [-0.2, -0.15) is 0 Å². The molecule has 2 N–H and O–H groups in total. The van der Waals surface area contributed by atoms with Crippen LogP contribution in [-0.2, 0) is 14.6 Å². The van der Waals surface area contributed by atoms with Gasteiger partial charge in [-0.1, -0.05) is 12.1 Å². The van der Waals surface area contributed by atoms with Crippen LogP contribution < -0.4 is 5.73 Å². The van der Waals surface area contributed by atoms with Gasteiger partial charge < -0.3 is 15.4 Å². The highest BCUT2D eigenvalue weighted by atomic mass is 32.2. The number of benzene rings is 1. The van der Waals surface area contributed by atoms with Crippen molar-refractivity contribution in [2.45, 2.75) is 4.90 Å². The molecule has 1 aliphatic rings. The molecule has 1 aromatic rings. The number of halogens is 1. The Balaban J connectivity index is 1.97. The summed E-state index contributed by atoms with van der Waals surface area (Å²) in [5, 5.41) is 0. The Labute approximate surface area is 123 Å². The van der Waals surface area contributed by atoms with Gasteiger partial charge in [0.25, 0.3) is 0 Å². The molecule has 1 heterocycles. The minimum Gasteiger partial charge on any atom is -0.378 e. The fraction of sp³-hybridized carbons (Fsp3) is 0.462. The molecule has 0 radical (unpaired) electrons. The Morgan fingerprint density at radius 3 is 2.67 bits per heavy atom. The van der Waals surface area contributed by atoms with E-state index in [9.17, 15) is 12.8 Å². The summed E-state index contributed by atoms with van der Waals surface area (Å²) in [5.41, 5.74) is 5.80. The summed E-state index contributed by atoms with van der Waals surface area (Å²) in [6, 6.07) is 5.31. The molecule has 1 aromatic carbocycles. The molecule has 0 saturated carbocycles. The van der Waals surface area contributed by atoms with Crippen molar-refractivity contribution in [3.8, 4) is 0 Å². The molecule has 1 fully saturated rings. The Bertz CT molecular complexity index is 613. The van der Waals surface area contributed by atoms with Crippen LogP contribution in [0, 0.1) is 5.82 Å². The SMILES string of the molecule is NC(=NCCS(=O)(=O)c1ccccc1F)N1CCOCC1. The van der Waals surface area contributed by atoms with Gasteiger partial charge in [0.05, 0.1) is 25.5 Å². The minimum absolute atomic E-state index is 0.000141. The van der Waals surface area contributed by atoms with Crippen LogP contribution >= 0.6 is 0 Å². The zero-order valence-electron chi connectivity index (χ0n) is 11.5. The summed E-state index contributed by atoms with van der Waals surface area (Å²) in [6.07, 6.45) is 0. The third-order valence-electron chi connectivity index (χ3n) is 3.14. The van der Waals surface area contributed by atoms with E-state index in [-0.39, 0.29) is 17.2 Å². The monoisotopic (exact) mass is 315 g/mol. The molecule has 0 aliphatic carbocycles. The van der Waals surface area contributed by atoms with Crippen molar-refractivity contribution < 1.29 is 17.5 Å². The standard InChI is InChI=1S/C13H18FN3O3S/c14-11-3-1-2-4-12(11)21(18,19)10-5-16-13(15)17-6-8-20-9-7-17/h1-4H,5-10H2,(H2,15,16). The van der Waals surface area contributed by atoms with Gasteiger partial charge >= 0.3 is 0 Å². The van der Waals surface area contributed by atoms with E-state index in [2.05, 4.69) is 4.99 Å². The fourth-order valence-corrected chi connectivity index (χ4v) is 3.18. The molecule has 6 nitrogen and oxygen atoms in total. The first-order valence-corrected chi connectivity index (χ1v) is 8.26. The summed E-state index contributed by atoms with van der Waals surface area (Å²) in [7, 11) is -3.70. The highest BCUT2D eigenvalue weighted by Gasteiger charge is 2.18. The second kappa shape index (κ2) is 6.86. The summed E-state index contributed by atoms with van der Waals surface area (Å²) in [5.74, 6) is -0.733. The highest BCUT2D eigenvalue weighted by Crippen LogP contribution is 2.15. The lowest BCUT2D eigenvalue weighted by atomic mass is 10.3. The van der Waals surface area contributed by atoms with Gasteiger partial charge in [-0.25, -0.2) is 12.8 Å². The number of aliphatic imine (C=N–C) groups is 1. The van der Waals surface area contributed by atoms with Crippen LogP contribution in [0.5, 0.6) is 0 Å². The average molecular weight is 315 g/mol. The van der Waals surface area contributed by atoms with E-state index in [0.717, 1.165) is 6.07 Å². The molecule has 1 aliphatic heterocycles. The summed E-state index contributed by atoms with van der Waals surface area (Å²) >= 11 is 0. The molecule has 0 amide bonds. The maximum Gasteiger partial charge on any atom is 0.191 e. The third kappa shape index (κ3) is 4.15. The van der Waals surface area contributed by atoms with E-state index in [1.165, 1.54) is 18.2 Å². The van der Waals surface area contributed by atoms with Crippen LogP contribution in [0.4, 0.5) is 4.39 Å². The Kier molecular flexibility index (Phi) is 5.13. The number of sulfone groups is 1. The van der Waals surface area contributed by atoms with E-state index in [1.807, 2.05) is 4.90 Å². The number of nitrogens with two attached hydrogens (primary N) is 1. The average Bonchev–Trinajstić information content (AvgIpc) is 2.48. The molecule has 0 unspecified atom stereocenters. The van der Waals surface area contributed by atoms with E-state index in [4.69, 9.17) is 10.5 Å². The van der Waals surface area contributed by atoms with Gasteiger partial charge in [0.1, 0.15) is 10.7 Å². The number of nitrogens with zero attached hydrogens (tertiary/aromatic N) is 2. The first-order chi connectivity index (χ1) is 10.0. The van der Waals surface area contributed by atoms with Crippen molar-refractivity contribution in [1.82, 2.24) is 4.90 Å². The van der Waals surface area contributed by atoms with Crippen molar-refractivity contribution in [2.75, 3.05) is 38.6 Å². The first kappa shape index (κ1) is 15.7. The predicted molar refractivity (Wildman–Crippen MR) is 77.3 cm³/mol. The normalized spacial score (nSPS) is 17.0.